The lowest BCUT2D eigenvalue weighted by Crippen LogP contribution is -2.32. The Kier molecular flexibility index (Phi) is 5.62. The van der Waals surface area contributed by atoms with Crippen molar-refractivity contribution in [3.05, 3.63) is 76.4 Å². The Labute approximate surface area is 186 Å². The number of pyridine rings is 1. The maximum Gasteiger partial charge on any atom is 0.211 e. The predicted molar refractivity (Wildman–Crippen MR) is 117 cm³/mol. The van der Waals surface area contributed by atoms with Gasteiger partial charge in [-0.15, -0.1) is 0 Å². The van der Waals surface area contributed by atoms with E-state index < -0.39 is 17.7 Å². The van der Waals surface area contributed by atoms with Gasteiger partial charge in [-0.2, -0.15) is 14.9 Å². The lowest BCUT2D eigenvalue weighted by atomic mass is 9.94. The van der Waals surface area contributed by atoms with Crippen molar-refractivity contribution in [2.75, 3.05) is 16.8 Å². The van der Waals surface area contributed by atoms with Gasteiger partial charge in [-0.1, -0.05) is 30.3 Å². The van der Waals surface area contributed by atoms with Gasteiger partial charge in [0.1, 0.15) is 35.9 Å². The summed E-state index contributed by atoms with van der Waals surface area (Å²) in [5.74, 6) is -1.87. The SMILES string of the molecule is N#CNC1=NC(c2ccc(COc3cccc(F)c3F)cc2)c2c(nc(N)c(C#N)c2N)N1. The first-order chi connectivity index (χ1) is 15.9. The topological polar surface area (TPSA) is 158 Å². The Hall–Kier alpha value is -4.90. The molecule has 1 aliphatic rings. The summed E-state index contributed by atoms with van der Waals surface area (Å²) in [7, 11) is 0. The molecule has 3 aromatic rings. The molecule has 33 heavy (non-hydrogen) atoms. The molecule has 0 aliphatic carbocycles. The number of ether oxygens (including phenoxy) is 1. The number of aliphatic imine (C=N–C) groups is 1. The molecule has 11 heteroatoms. The summed E-state index contributed by atoms with van der Waals surface area (Å²) in [5, 5.41) is 23.6. The van der Waals surface area contributed by atoms with Gasteiger partial charge in [-0.05, 0) is 23.3 Å². The van der Waals surface area contributed by atoms with Crippen LogP contribution in [0.3, 0.4) is 0 Å². The minimum atomic E-state index is -1.05. The average molecular weight is 446 g/mol. The fraction of sp³-hybridized carbons (Fsp3) is 0.0909. The summed E-state index contributed by atoms with van der Waals surface area (Å²) in [6.07, 6.45) is 1.78. The van der Waals surface area contributed by atoms with Crippen LogP contribution < -0.4 is 26.8 Å². The number of guanidine groups is 1. The standard InChI is InChI=1S/C22H16F2N8O/c23-14-2-1-3-15(17(14)24)33-9-11-4-6-12(7-5-11)19-16-18(27)13(8-25)20(28)31-21(16)32-22(30-19)29-10-26/h1-7,19H,9H2,(H6,27,28,29,30,31,32). The number of anilines is 3. The molecular weight excluding hydrogens is 430 g/mol. The van der Waals surface area contributed by atoms with Crippen molar-refractivity contribution in [2.45, 2.75) is 12.6 Å². The first kappa shape index (κ1) is 21.3. The van der Waals surface area contributed by atoms with Gasteiger partial charge in [0.15, 0.2) is 17.8 Å². The monoisotopic (exact) mass is 446 g/mol. The number of rotatable bonds is 4. The molecule has 164 valence electrons. The van der Waals surface area contributed by atoms with Crippen molar-refractivity contribution in [2.24, 2.45) is 4.99 Å². The summed E-state index contributed by atoms with van der Waals surface area (Å²) in [4.78, 5) is 8.67. The number of halogens is 2. The number of benzene rings is 2. The average Bonchev–Trinajstić information content (AvgIpc) is 2.80. The van der Waals surface area contributed by atoms with Gasteiger partial charge in [0.25, 0.3) is 0 Å². The molecule has 0 bridgehead atoms. The molecule has 0 fully saturated rings. The third-order valence-corrected chi connectivity index (χ3v) is 4.96. The zero-order valence-electron chi connectivity index (χ0n) is 16.9. The van der Waals surface area contributed by atoms with Crippen LogP contribution in [0.2, 0.25) is 0 Å². The highest BCUT2D eigenvalue weighted by molar-refractivity contribution is 5.98. The molecule has 0 radical (unpaired) electrons. The number of nitrogens with one attached hydrogen (secondary N) is 2. The van der Waals surface area contributed by atoms with E-state index in [0.29, 0.717) is 16.7 Å². The van der Waals surface area contributed by atoms with Gasteiger partial charge in [0.05, 0.1) is 5.69 Å². The molecule has 0 saturated carbocycles. The first-order valence-corrected chi connectivity index (χ1v) is 9.57. The van der Waals surface area contributed by atoms with Crippen LogP contribution in [-0.4, -0.2) is 10.9 Å². The van der Waals surface area contributed by atoms with Gasteiger partial charge in [-0.3, -0.25) is 5.32 Å². The Balaban J connectivity index is 1.65. The van der Waals surface area contributed by atoms with Crippen molar-refractivity contribution in [3.63, 3.8) is 0 Å². The minimum absolute atomic E-state index is 0.00672. The first-order valence-electron chi connectivity index (χ1n) is 9.57. The van der Waals surface area contributed by atoms with E-state index >= 15 is 0 Å². The Morgan fingerprint density at radius 3 is 2.58 bits per heavy atom. The van der Waals surface area contributed by atoms with E-state index in [0.717, 1.165) is 6.07 Å². The number of nitriles is 2. The number of hydrogen-bond donors (Lipinski definition) is 4. The molecule has 6 N–H and O–H groups in total. The predicted octanol–water partition coefficient (Wildman–Crippen LogP) is 2.92. The lowest BCUT2D eigenvalue weighted by molar-refractivity contribution is 0.284. The molecule has 0 amide bonds. The van der Waals surface area contributed by atoms with Gasteiger partial charge in [0, 0.05) is 5.56 Å². The molecule has 1 unspecified atom stereocenters. The second-order valence-corrected chi connectivity index (χ2v) is 6.98. The number of fused-ring (bicyclic) bond motifs is 1. The second-order valence-electron chi connectivity index (χ2n) is 6.98. The van der Waals surface area contributed by atoms with Gasteiger partial charge in [-0.25, -0.2) is 14.4 Å². The fourth-order valence-corrected chi connectivity index (χ4v) is 3.37. The molecule has 1 aliphatic heterocycles. The molecule has 4 rings (SSSR count). The smallest absolute Gasteiger partial charge is 0.211 e. The van der Waals surface area contributed by atoms with Crippen LogP contribution in [0.15, 0.2) is 47.5 Å². The fourth-order valence-electron chi connectivity index (χ4n) is 3.37. The molecule has 1 aromatic heterocycles. The Morgan fingerprint density at radius 2 is 1.88 bits per heavy atom. The third-order valence-electron chi connectivity index (χ3n) is 4.96. The summed E-state index contributed by atoms with van der Waals surface area (Å²) >= 11 is 0. The third kappa shape index (κ3) is 4.03. The van der Waals surface area contributed by atoms with Crippen LogP contribution in [0.1, 0.15) is 28.3 Å². The van der Waals surface area contributed by atoms with E-state index in [-0.39, 0.29) is 41.2 Å². The largest absolute Gasteiger partial charge is 0.486 e. The quantitative estimate of drug-likeness (QED) is 0.352. The summed E-state index contributed by atoms with van der Waals surface area (Å²) in [5.41, 5.74) is 14.0. The summed E-state index contributed by atoms with van der Waals surface area (Å²) in [6.45, 7) is 0.00672. The van der Waals surface area contributed by atoms with Crippen LogP contribution in [0.5, 0.6) is 5.75 Å². The Bertz CT molecular complexity index is 1340. The number of nitrogens with zero attached hydrogens (tertiary/aromatic N) is 4. The van der Waals surface area contributed by atoms with E-state index in [2.05, 4.69) is 20.6 Å². The van der Waals surface area contributed by atoms with E-state index in [4.69, 9.17) is 21.5 Å². The highest BCUT2D eigenvalue weighted by Crippen LogP contribution is 2.40. The molecule has 9 nitrogen and oxygen atoms in total. The van der Waals surface area contributed by atoms with Crippen LogP contribution >= 0.6 is 0 Å². The molecule has 0 spiro atoms. The maximum atomic E-state index is 13.8. The van der Waals surface area contributed by atoms with Crippen molar-refractivity contribution in [3.8, 4) is 18.0 Å². The minimum Gasteiger partial charge on any atom is -0.486 e. The maximum absolute atomic E-state index is 13.8. The molecule has 2 aromatic carbocycles. The number of hydrogen-bond acceptors (Lipinski definition) is 9. The lowest BCUT2D eigenvalue weighted by Gasteiger charge is -2.26. The zero-order valence-corrected chi connectivity index (χ0v) is 16.9. The molecule has 0 saturated heterocycles. The van der Waals surface area contributed by atoms with Crippen LogP contribution in [-0.2, 0) is 6.61 Å². The number of nitrogens with two attached hydrogens (primary N) is 2. The van der Waals surface area contributed by atoms with E-state index in [9.17, 15) is 14.0 Å². The van der Waals surface area contributed by atoms with E-state index in [1.54, 1.807) is 30.5 Å². The second kappa shape index (κ2) is 8.69. The Morgan fingerprint density at radius 1 is 1.12 bits per heavy atom. The number of aromatic nitrogens is 1. The van der Waals surface area contributed by atoms with Gasteiger partial charge < -0.3 is 21.5 Å². The van der Waals surface area contributed by atoms with Crippen molar-refractivity contribution in [1.82, 2.24) is 10.3 Å². The normalized spacial score (nSPS) is 14.2. The van der Waals surface area contributed by atoms with E-state index in [1.807, 2.05) is 6.07 Å². The highest BCUT2D eigenvalue weighted by atomic mass is 19.2. The van der Waals surface area contributed by atoms with Gasteiger partial charge in [0.2, 0.25) is 11.8 Å². The number of nitrogen functional groups attached to an aromatic ring is 2. The summed E-state index contributed by atoms with van der Waals surface area (Å²) in [6, 6.07) is 11.9. The summed E-state index contributed by atoms with van der Waals surface area (Å²) < 4.78 is 32.5. The molecule has 2 heterocycles. The zero-order chi connectivity index (χ0) is 23.5. The molecular formula is C22H16F2N8O. The van der Waals surface area contributed by atoms with Gasteiger partial charge >= 0.3 is 0 Å². The molecule has 1 atom stereocenters. The van der Waals surface area contributed by atoms with E-state index in [1.165, 1.54) is 12.1 Å². The van der Waals surface area contributed by atoms with Crippen LogP contribution in [0, 0.1) is 34.4 Å². The van der Waals surface area contributed by atoms with Crippen molar-refractivity contribution >= 4 is 23.3 Å². The van der Waals surface area contributed by atoms with Crippen LogP contribution in [0.25, 0.3) is 0 Å². The van der Waals surface area contributed by atoms with Crippen molar-refractivity contribution < 1.29 is 13.5 Å². The van der Waals surface area contributed by atoms with Crippen LogP contribution in [0.4, 0.5) is 26.1 Å². The highest BCUT2D eigenvalue weighted by Gasteiger charge is 2.29. The van der Waals surface area contributed by atoms with Crippen molar-refractivity contribution in [1.29, 1.82) is 10.5 Å².